The van der Waals surface area contributed by atoms with Gasteiger partial charge in [-0.1, -0.05) is 18.0 Å². The molecule has 0 N–H and O–H groups in total. The van der Waals surface area contributed by atoms with Crippen LogP contribution >= 0.6 is 11.6 Å². The van der Waals surface area contributed by atoms with Gasteiger partial charge in [-0.25, -0.2) is 13.4 Å². The Morgan fingerprint density at radius 2 is 1.89 bits per heavy atom. The molecule has 98 valence electrons. The molecule has 0 spiro atoms. The van der Waals surface area contributed by atoms with Crippen LogP contribution in [0.25, 0.3) is 0 Å². The van der Waals surface area contributed by atoms with E-state index in [9.17, 15) is 8.42 Å². The molecule has 0 aromatic carbocycles. The van der Waals surface area contributed by atoms with Crippen molar-refractivity contribution < 1.29 is 8.42 Å². The molecule has 1 saturated heterocycles. The molecule has 1 aliphatic heterocycles. The van der Waals surface area contributed by atoms with E-state index in [2.05, 4.69) is 4.98 Å². The predicted molar refractivity (Wildman–Crippen MR) is 68.8 cm³/mol. The van der Waals surface area contributed by atoms with Crippen LogP contribution in [0, 0.1) is 11.8 Å². The molecule has 2 fully saturated rings. The smallest absolute Gasteiger partial charge is 0.243 e. The highest BCUT2D eigenvalue weighted by atomic mass is 35.5. The van der Waals surface area contributed by atoms with Gasteiger partial charge in [-0.2, -0.15) is 4.31 Å². The van der Waals surface area contributed by atoms with E-state index in [1.54, 1.807) is 4.31 Å². The summed E-state index contributed by atoms with van der Waals surface area (Å²) < 4.78 is 26.4. The van der Waals surface area contributed by atoms with Gasteiger partial charge in [0.1, 0.15) is 10.0 Å². The first-order chi connectivity index (χ1) is 8.57. The summed E-state index contributed by atoms with van der Waals surface area (Å²) in [6, 6.07) is 3.05. The second-order valence-corrected chi connectivity index (χ2v) is 7.41. The van der Waals surface area contributed by atoms with Gasteiger partial charge in [-0.05, 0) is 36.8 Å². The minimum atomic E-state index is -3.39. The first-order valence-electron chi connectivity index (χ1n) is 6.19. The number of hydrogen-bond acceptors (Lipinski definition) is 3. The molecule has 4 nitrogen and oxygen atoms in total. The standard InChI is InChI=1S/C12H15ClN2O2S/c13-12-5-4-11(6-14-12)18(16,17)15-7-9-2-1-3-10(9)8-15/h4-6,9-10H,1-3,7-8H2. The van der Waals surface area contributed by atoms with Gasteiger partial charge in [-0.15, -0.1) is 0 Å². The van der Waals surface area contributed by atoms with Gasteiger partial charge in [-0.3, -0.25) is 0 Å². The lowest BCUT2D eigenvalue weighted by atomic mass is 10.0. The first kappa shape index (κ1) is 12.4. The monoisotopic (exact) mass is 286 g/mol. The molecule has 0 bridgehead atoms. The van der Waals surface area contributed by atoms with Crippen molar-refractivity contribution in [3.05, 3.63) is 23.5 Å². The maximum atomic E-state index is 12.4. The number of rotatable bonds is 2. The number of fused-ring (bicyclic) bond motifs is 1. The van der Waals surface area contributed by atoms with E-state index >= 15 is 0 Å². The number of pyridine rings is 1. The van der Waals surface area contributed by atoms with Crippen molar-refractivity contribution in [3.8, 4) is 0 Å². The number of hydrogen-bond donors (Lipinski definition) is 0. The summed E-state index contributed by atoms with van der Waals surface area (Å²) in [6.07, 6.45) is 4.91. The summed E-state index contributed by atoms with van der Waals surface area (Å²) in [7, 11) is -3.39. The van der Waals surface area contributed by atoms with Crippen LogP contribution in [-0.2, 0) is 10.0 Å². The Kier molecular flexibility index (Phi) is 3.08. The molecule has 2 unspecified atom stereocenters. The van der Waals surface area contributed by atoms with Crippen molar-refractivity contribution in [3.63, 3.8) is 0 Å². The molecule has 2 atom stereocenters. The van der Waals surface area contributed by atoms with E-state index in [4.69, 9.17) is 11.6 Å². The van der Waals surface area contributed by atoms with Gasteiger partial charge in [0, 0.05) is 19.3 Å². The first-order valence-corrected chi connectivity index (χ1v) is 8.01. The Morgan fingerprint density at radius 3 is 2.44 bits per heavy atom. The van der Waals surface area contributed by atoms with Crippen LogP contribution in [0.1, 0.15) is 19.3 Å². The Morgan fingerprint density at radius 1 is 1.22 bits per heavy atom. The Hall–Kier alpha value is -0.650. The van der Waals surface area contributed by atoms with Crippen molar-refractivity contribution in [1.82, 2.24) is 9.29 Å². The molecule has 0 radical (unpaired) electrons. The largest absolute Gasteiger partial charge is 0.244 e. The summed E-state index contributed by atoms with van der Waals surface area (Å²) >= 11 is 5.68. The fourth-order valence-electron chi connectivity index (χ4n) is 3.05. The van der Waals surface area contributed by atoms with Gasteiger partial charge in [0.25, 0.3) is 0 Å². The number of aromatic nitrogens is 1. The van der Waals surface area contributed by atoms with E-state index in [1.165, 1.54) is 24.8 Å². The van der Waals surface area contributed by atoms with Gasteiger partial charge in [0.15, 0.2) is 0 Å². The second kappa shape index (κ2) is 4.47. The molecule has 18 heavy (non-hydrogen) atoms. The lowest BCUT2D eigenvalue weighted by Crippen LogP contribution is -2.29. The topological polar surface area (TPSA) is 50.3 Å². The van der Waals surface area contributed by atoms with Crippen LogP contribution < -0.4 is 0 Å². The quantitative estimate of drug-likeness (QED) is 0.783. The maximum absolute atomic E-state index is 12.4. The van der Waals surface area contributed by atoms with Crippen molar-refractivity contribution in [2.24, 2.45) is 11.8 Å². The van der Waals surface area contributed by atoms with E-state index in [-0.39, 0.29) is 4.90 Å². The Bertz CT molecular complexity index is 532. The van der Waals surface area contributed by atoms with Crippen molar-refractivity contribution in [2.75, 3.05) is 13.1 Å². The Labute approximate surface area is 112 Å². The molecular formula is C12H15ClN2O2S. The van der Waals surface area contributed by atoms with Crippen molar-refractivity contribution in [2.45, 2.75) is 24.2 Å². The minimum absolute atomic E-state index is 0.242. The Balaban J connectivity index is 1.85. The fourth-order valence-corrected chi connectivity index (χ4v) is 4.66. The van der Waals surface area contributed by atoms with Crippen LogP contribution in [0.5, 0.6) is 0 Å². The molecule has 2 aliphatic rings. The SMILES string of the molecule is O=S(=O)(c1ccc(Cl)nc1)N1CC2CCCC2C1. The summed E-state index contributed by atoms with van der Waals surface area (Å²) in [5.74, 6) is 1.11. The van der Waals surface area contributed by atoms with E-state index in [0.29, 0.717) is 30.1 Å². The third-order valence-electron chi connectivity index (χ3n) is 4.03. The summed E-state index contributed by atoms with van der Waals surface area (Å²) in [6.45, 7) is 1.32. The normalized spacial score (nSPS) is 28.5. The summed E-state index contributed by atoms with van der Waals surface area (Å²) in [4.78, 5) is 4.09. The van der Waals surface area contributed by atoms with Crippen LogP contribution in [0.4, 0.5) is 0 Å². The van der Waals surface area contributed by atoms with Crippen molar-refractivity contribution >= 4 is 21.6 Å². The molecule has 1 aliphatic carbocycles. The highest BCUT2D eigenvalue weighted by Gasteiger charge is 2.41. The van der Waals surface area contributed by atoms with Crippen LogP contribution in [0.2, 0.25) is 5.15 Å². The van der Waals surface area contributed by atoms with Gasteiger partial charge < -0.3 is 0 Å². The van der Waals surface area contributed by atoms with Crippen LogP contribution in [-0.4, -0.2) is 30.8 Å². The van der Waals surface area contributed by atoms with E-state index < -0.39 is 10.0 Å². The molecule has 1 aromatic rings. The van der Waals surface area contributed by atoms with Crippen LogP contribution in [0.3, 0.4) is 0 Å². The summed E-state index contributed by atoms with van der Waals surface area (Å²) in [5, 5.41) is 0.312. The number of nitrogens with zero attached hydrogens (tertiary/aromatic N) is 2. The molecular weight excluding hydrogens is 272 g/mol. The molecule has 0 amide bonds. The lowest BCUT2D eigenvalue weighted by Gasteiger charge is -2.16. The van der Waals surface area contributed by atoms with E-state index in [0.717, 1.165) is 12.8 Å². The molecule has 1 saturated carbocycles. The highest BCUT2D eigenvalue weighted by molar-refractivity contribution is 7.89. The third kappa shape index (κ3) is 2.04. The lowest BCUT2D eigenvalue weighted by molar-refractivity contribution is 0.445. The fraction of sp³-hybridized carbons (Fsp3) is 0.583. The van der Waals surface area contributed by atoms with Crippen LogP contribution in [0.15, 0.2) is 23.2 Å². The van der Waals surface area contributed by atoms with Gasteiger partial charge in [0.05, 0.1) is 0 Å². The van der Waals surface area contributed by atoms with Crippen molar-refractivity contribution in [1.29, 1.82) is 0 Å². The molecule has 2 heterocycles. The zero-order valence-electron chi connectivity index (χ0n) is 9.92. The van der Waals surface area contributed by atoms with Gasteiger partial charge >= 0.3 is 0 Å². The zero-order chi connectivity index (χ0) is 12.8. The average Bonchev–Trinajstić information content (AvgIpc) is 2.89. The molecule has 6 heteroatoms. The second-order valence-electron chi connectivity index (χ2n) is 5.09. The highest BCUT2D eigenvalue weighted by Crippen LogP contribution is 2.39. The number of halogens is 1. The average molecular weight is 287 g/mol. The van der Waals surface area contributed by atoms with Gasteiger partial charge in [0.2, 0.25) is 10.0 Å². The summed E-state index contributed by atoms with van der Waals surface area (Å²) in [5.41, 5.74) is 0. The zero-order valence-corrected chi connectivity index (χ0v) is 11.5. The third-order valence-corrected chi connectivity index (χ3v) is 6.07. The molecule has 1 aromatic heterocycles. The molecule has 3 rings (SSSR count). The van der Waals surface area contributed by atoms with E-state index in [1.807, 2.05) is 0 Å². The maximum Gasteiger partial charge on any atom is 0.244 e. The minimum Gasteiger partial charge on any atom is -0.243 e. The predicted octanol–water partition coefficient (Wildman–Crippen LogP) is 2.16. The number of sulfonamides is 1.